The molecular weight excluding hydrogens is 374 g/mol. The number of nitrogens with zero attached hydrogens (tertiary/aromatic N) is 2. The Bertz CT molecular complexity index is 997. The number of allylic oxidation sites excluding steroid dienone is 2. The van der Waals surface area contributed by atoms with Crippen molar-refractivity contribution in [3.05, 3.63) is 59.6 Å². The largest absolute Gasteiger partial charge is 0.298 e. The Morgan fingerprint density at radius 1 is 1.18 bits per heavy atom. The lowest BCUT2D eigenvalue weighted by Crippen LogP contribution is -2.32. The van der Waals surface area contributed by atoms with Crippen LogP contribution < -0.4 is 10.2 Å². The van der Waals surface area contributed by atoms with Crippen LogP contribution >= 0.6 is 11.3 Å². The second-order valence-corrected chi connectivity index (χ2v) is 8.16. The highest BCUT2D eigenvalue weighted by Gasteiger charge is 2.59. The van der Waals surface area contributed by atoms with Gasteiger partial charge in [0.15, 0.2) is 5.13 Å². The Balaban J connectivity index is 1.35. The number of aromatic nitrogens is 1. The van der Waals surface area contributed by atoms with Gasteiger partial charge in [-0.2, -0.15) is 0 Å². The van der Waals surface area contributed by atoms with E-state index in [0.29, 0.717) is 10.8 Å². The molecule has 1 aromatic heterocycles. The lowest BCUT2D eigenvalue weighted by molar-refractivity contribution is -0.123. The molecule has 1 saturated heterocycles. The molecule has 2 heterocycles. The second kappa shape index (κ2) is 6.53. The van der Waals surface area contributed by atoms with E-state index in [0.717, 1.165) is 12.0 Å². The van der Waals surface area contributed by atoms with Gasteiger partial charge in [-0.1, -0.05) is 24.3 Å². The number of nitrogens with one attached hydrogen (secondary N) is 1. The molecule has 28 heavy (non-hydrogen) atoms. The predicted molar refractivity (Wildman–Crippen MR) is 106 cm³/mol. The van der Waals surface area contributed by atoms with Crippen LogP contribution in [0.2, 0.25) is 0 Å². The van der Waals surface area contributed by atoms with Crippen LogP contribution in [0.15, 0.2) is 54.1 Å². The SMILES string of the molecule is O=C(/C=C/c1cccc(N2C(=O)[C@@H]3[C@H](C2=O)[C@@H]2C=C[C@@H]3C2)c1)Nc1nccs1. The Kier molecular flexibility index (Phi) is 3.98. The van der Waals surface area contributed by atoms with Gasteiger partial charge in [-0.05, 0) is 42.0 Å². The van der Waals surface area contributed by atoms with E-state index in [1.807, 2.05) is 6.07 Å². The van der Waals surface area contributed by atoms with Crippen molar-refractivity contribution in [2.75, 3.05) is 10.2 Å². The van der Waals surface area contributed by atoms with Gasteiger partial charge in [-0.15, -0.1) is 11.3 Å². The topological polar surface area (TPSA) is 79.4 Å². The Morgan fingerprint density at radius 3 is 2.61 bits per heavy atom. The van der Waals surface area contributed by atoms with Crippen LogP contribution in [0.1, 0.15) is 12.0 Å². The fraction of sp³-hybridized carbons (Fsp3) is 0.238. The molecule has 0 unspecified atom stereocenters. The van der Waals surface area contributed by atoms with Gasteiger partial charge in [-0.3, -0.25) is 19.7 Å². The smallest absolute Gasteiger partial charge is 0.250 e. The van der Waals surface area contributed by atoms with E-state index in [-0.39, 0.29) is 41.4 Å². The molecule has 2 fully saturated rings. The average Bonchev–Trinajstić information content (AvgIpc) is 3.46. The minimum Gasteiger partial charge on any atom is -0.298 e. The molecule has 0 radical (unpaired) electrons. The van der Waals surface area contributed by atoms with E-state index >= 15 is 0 Å². The molecule has 2 aliphatic carbocycles. The first-order valence-electron chi connectivity index (χ1n) is 9.16. The lowest BCUT2D eigenvalue weighted by atomic mass is 9.85. The zero-order valence-corrected chi connectivity index (χ0v) is 15.6. The molecule has 1 N–H and O–H groups in total. The zero-order chi connectivity index (χ0) is 19.3. The summed E-state index contributed by atoms with van der Waals surface area (Å²) in [4.78, 5) is 43.2. The summed E-state index contributed by atoms with van der Waals surface area (Å²) in [7, 11) is 0. The second-order valence-electron chi connectivity index (χ2n) is 7.27. The van der Waals surface area contributed by atoms with Gasteiger partial charge < -0.3 is 0 Å². The van der Waals surface area contributed by atoms with E-state index in [1.165, 1.54) is 22.3 Å². The number of rotatable bonds is 4. The Labute approximate surface area is 165 Å². The summed E-state index contributed by atoms with van der Waals surface area (Å²) < 4.78 is 0. The quantitative estimate of drug-likeness (QED) is 0.493. The van der Waals surface area contributed by atoms with E-state index in [9.17, 15) is 14.4 Å². The fourth-order valence-electron chi connectivity index (χ4n) is 4.53. The first kappa shape index (κ1) is 17.1. The number of benzene rings is 1. The van der Waals surface area contributed by atoms with Crippen LogP contribution in [0.4, 0.5) is 10.8 Å². The molecule has 7 heteroatoms. The Hall–Kier alpha value is -3.06. The maximum absolute atomic E-state index is 12.9. The van der Waals surface area contributed by atoms with Gasteiger partial charge in [0.25, 0.3) is 0 Å². The third kappa shape index (κ3) is 2.70. The van der Waals surface area contributed by atoms with Gasteiger partial charge in [-0.25, -0.2) is 9.88 Å². The number of thiazole rings is 1. The molecule has 5 rings (SSSR count). The number of hydrogen-bond donors (Lipinski definition) is 1. The summed E-state index contributed by atoms with van der Waals surface area (Å²) in [6, 6.07) is 7.14. The number of imide groups is 1. The fourth-order valence-corrected chi connectivity index (χ4v) is 5.06. The van der Waals surface area contributed by atoms with Crippen molar-refractivity contribution in [2.45, 2.75) is 6.42 Å². The summed E-state index contributed by atoms with van der Waals surface area (Å²) in [6.45, 7) is 0. The van der Waals surface area contributed by atoms with Crippen LogP contribution in [-0.4, -0.2) is 22.7 Å². The van der Waals surface area contributed by atoms with Crippen molar-refractivity contribution in [2.24, 2.45) is 23.7 Å². The van der Waals surface area contributed by atoms with E-state index in [4.69, 9.17) is 0 Å². The van der Waals surface area contributed by atoms with Crippen molar-refractivity contribution in [3.8, 4) is 0 Å². The van der Waals surface area contributed by atoms with Crippen molar-refractivity contribution < 1.29 is 14.4 Å². The van der Waals surface area contributed by atoms with E-state index in [1.54, 1.807) is 35.9 Å². The van der Waals surface area contributed by atoms with Gasteiger partial charge >= 0.3 is 0 Å². The minimum atomic E-state index is -0.286. The average molecular weight is 391 g/mol. The maximum atomic E-state index is 12.9. The molecule has 1 aliphatic heterocycles. The summed E-state index contributed by atoms with van der Waals surface area (Å²) in [5.41, 5.74) is 1.30. The van der Waals surface area contributed by atoms with Crippen molar-refractivity contribution in [1.29, 1.82) is 0 Å². The molecule has 0 spiro atoms. The van der Waals surface area contributed by atoms with Crippen molar-refractivity contribution >= 4 is 46.0 Å². The molecule has 140 valence electrons. The highest BCUT2D eigenvalue weighted by Crippen LogP contribution is 2.53. The molecular formula is C21H17N3O3S. The van der Waals surface area contributed by atoms with Gasteiger partial charge in [0.2, 0.25) is 17.7 Å². The third-order valence-corrected chi connectivity index (χ3v) is 6.38. The summed E-state index contributed by atoms with van der Waals surface area (Å²) in [5.74, 6) is -0.547. The monoisotopic (exact) mass is 391 g/mol. The summed E-state index contributed by atoms with van der Waals surface area (Å²) in [5, 5.41) is 4.99. The van der Waals surface area contributed by atoms with Crippen LogP contribution in [0.25, 0.3) is 6.08 Å². The molecule has 3 amide bonds. The number of fused-ring (bicyclic) bond motifs is 5. The van der Waals surface area contributed by atoms with Crippen LogP contribution in [0.3, 0.4) is 0 Å². The number of amides is 3. The van der Waals surface area contributed by atoms with E-state index in [2.05, 4.69) is 22.5 Å². The molecule has 6 nitrogen and oxygen atoms in total. The normalized spacial score (nSPS) is 27.8. The van der Waals surface area contributed by atoms with E-state index < -0.39 is 0 Å². The van der Waals surface area contributed by atoms with Gasteiger partial charge in [0, 0.05) is 17.7 Å². The van der Waals surface area contributed by atoms with Crippen molar-refractivity contribution in [3.63, 3.8) is 0 Å². The zero-order valence-electron chi connectivity index (χ0n) is 14.8. The summed E-state index contributed by atoms with van der Waals surface area (Å²) in [6.07, 6.45) is 9.77. The van der Waals surface area contributed by atoms with Crippen molar-refractivity contribution in [1.82, 2.24) is 4.98 Å². The third-order valence-electron chi connectivity index (χ3n) is 5.69. The van der Waals surface area contributed by atoms with Crippen LogP contribution in [0.5, 0.6) is 0 Å². The number of carbonyl (C=O) groups excluding carboxylic acids is 3. The highest BCUT2D eigenvalue weighted by molar-refractivity contribution is 7.13. The Morgan fingerprint density at radius 2 is 1.93 bits per heavy atom. The van der Waals surface area contributed by atoms with Gasteiger partial charge in [0.1, 0.15) is 0 Å². The predicted octanol–water partition coefficient (Wildman–Crippen LogP) is 3.11. The van der Waals surface area contributed by atoms with Gasteiger partial charge in [0.05, 0.1) is 17.5 Å². The lowest BCUT2D eigenvalue weighted by Gasteiger charge is -2.17. The molecule has 2 bridgehead atoms. The first-order valence-corrected chi connectivity index (χ1v) is 10.0. The first-order chi connectivity index (χ1) is 13.6. The molecule has 3 aliphatic rings. The minimum absolute atomic E-state index is 0.102. The molecule has 1 saturated carbocycles. The summed E-state index contributed by atoms with van der Waals surface area (Å²) >= 11 is 1.34. The number of anilines is 2. The molecule has 4 atom stereocenters. The maximum Gasteiger partial charge on any atom is 0.250 e. The number of carbonyl (C=O) groups is 3. The highest BCUT2D eigenvalue weighted by atomic mass is 32.1. The van der Waals surface area contributed by atoms with Crippen LogP contribution in [-0.2, 0) is 14.4 Å². The number of hydrogen-bond acceptors (Lipinski definition) is 5. The molecule has 2 aromatic rings. The standard InChI is InChI=1S/C21H17N3O3S/c25-16(23-21-22-8-9-28-21)7-4-12-2-1-3-15(10-12)24-19(26)17-13-5-6-14(11-13)18(17)20(24)27/h1-10,13-14,17-18H,11H2,(H,22,23,25)/b7-4+/t13-,14-,17-,18+/m1/s1. The molecule has 1 aromatic carbocycles. The van der Waals surface area contributed by atoms with Crippen LogP contribution in [0, 0.1) is 23.7 Å².